The van der Waals surface area contributed by atoms with Gasteiger partial charge in [0.2, 0.25) is 0 Å². The number of piperidine rings is 1. The Bertz CT molecular complexity index is 646. The molecule has 26 heavy (non-hydrogen) atoms. The zero-order chi connectivity index (χ0) is 18.8. The molecule has 6 heteroatoms. The van der Waals surface area contributed by atoms with Crippen LogP contribution in [0.4, 0.5) is 9.59 Å². The van der Waals surface area contributed by atoms with E-state index in [1.165, 1.54) is 0 Å². The Labute approximate surface area is 154 Å². The monoisotopic (exact) mass is 360 g/mol. The molecule has 2 aliphatic rings. The second kappa shape index (κ2) is 7.17. The topological polar surface area (TPSA) is 67.9 Å². The number of carbonyl (C=O) groups is 2. The van der Waals surface area contributed by atoms with Crippen molar-refractivity contribution in [2.24, 2.45) is 5.41 Å². The Balaban J connectivity index is 1.40. The molecule has 3 rings (SSSR count). The van der Waals surface area contributed by atoms with Crippen LogP contribution < -0.4 is 5.32 Å². The van der Waals surface area contributed by atoms with Crippen molar-refractivity contribution in [2.75, 3.05) is 13.1 Å². The first-order chi connectivity index (χ1) is 12.3. The molecule has 1 spiro atoms. The summed E-state index contributed by atoms with van der Waals surface area (Å²) < 4.78 is 10.7. The largest absolute Gasteiger partial charge is 0.445 e. The van der Waals surface area contributed by atoms with Gasteiger partial charge in [0.05, 0.1) is 0 Å². The average molecular weight is 360 g/mol. The lowest BCUT2D eigenvalue weighted by Gasteiger charge is -2.32. The molecule has 1 aliphatic carbocycles. The molecule has 1 aromatic carbocycles. The number of likely N-dealkylation sites (tertiary alicyclic amines) is 1. The normalized spacial score (nSPS) is 21.2. The molecule has 1 aromatic rings. The molecule has 1 atom stereocenters. The molecule has 2 fully saturated rings. The van der Waals surface area contributed by atoms with Crippen LogP contribution in [0.5, 0.6) is 0 Å². The van der Waals surface area contributed by atoms with Gasteiger partial charge in [-0.05, 0) is 51.0 Å². The van der Waals surface area contributed by atoms with E-state index in [4.69, 9.17) is 9.47 Å². The van der Waals surface area contributed by atoms with Crippen molar-refractivity contribution in [1.29, 1.82) is 0 Å². The summed E-state index contributed by atoms with van der Waals surface area (Å²) in [6, 6.07) is 9.83. The van der Waals surface area contributed by atoms with Gasteiger partial charge in [0, 0.05) is 19.1 Å². The van der Waals surface area contributed by atoms with Crippen molar-refractivity contribution in [3.63, 3.8) is 0 Å². The first kappa shape index (κ1) is 18.5. The van der Waals surface area contributed by atoms with Gasteiger partial charge in [-0.2, -0.15) is 0 Å². The summed E-state index contributed by atoms with van der Waals surface area (Å²) in [5.74, 6) is 0. The Hall–Kier alpha value is -2.24. The van der Waals surface area contributed by atoms with Gasteiger partial charge in [-0.15, -0.1) is 0 Å². The van der Waals surface area contributed by atoms with E-state index < -0.39 is 5.60 Å². The fraction of sp³-hybridized carbons (Fsp3) is 0.600. The Kier molecular flexibility index (Phi) is 5.12. The van der Waals surface area contributed by atoms with Crippen LogP contribution in [-0.4, -0.2) is 41.8 Å². The molecular weight excluding hydrogens is 332 g/mol. The Morgan fingerprint density at radius 2 is 1.85 bits per heavy atom. The third-order valence-corrected chi connectivity index (χ3v) is 5.10. The van der Waals surface area contributed by atoms with Gasteiger partial charge in [0.1, 0.15) is 12.2 Å². The summed E-state index contributed by atoms with van der Waals surface area (Å²) in [6.45, 7) is 7.20. The number of carbonyl (C=O) groups excluding carboxylic acids is 2. The zero-order valence-corrected chi connectivity index (χ0v) is 15.8. The van der Waals surface area contributed by atoms with E-state index in [1.807, 2.05) is 51.1 Å². The van der Waals surface area contributed by atoms with Crippen LogP contribution in [0.3, 0.4) is 0 Å². The molecule has 0 radical (unpaired) electrons. The van der Waals surface area contributed by atoms with Crippen LogP contribution in [-0.2, 0) is 16.1 Å². The number of benzene rings is 1. The summed E-state index contributed by atoms with van der Waals surface area (Å²) >= 11 is 0. The number of hydrogen-bond acceptors (Lipinski definition) is 4. The van der Waals surface area contributed by atoms with Crippen LogP contribution in [0.25, 0.3) is 0 Å². The van der Waals surface area contributed by atoms with E-state index >= 15 is 0 Å². The number of alkyl carbamates (subject to hydrolysis) is 1. The second-order valence-electron chi connectivity index (χ2n) is 8.29. The van der Waals surface area contributed by atoms with Crippen LogP contribution in [0.1, 0.15) is 45.6 Å². The quantitative estimate of drug-likeness (QED) is 0.892. The fourth-order valence-electron chi connectivity index (χ4n) is 3.50. The van der Waals surface area contributed by atoms with Gasteiger partial charge in [-0.3, -0.25) is 0 Å². The first-order valence-corrected chi connectivity index (χ1v) is 9.23. The fourth-order valence-corrected chi connectivity index (χ4v) is 3.50. The van der Waals surface area contributed by atoms with E-state index in [0.717, 1.165) is 24.8 Å². The lowest BCUT2D eigenvalue weighted by molar-refractivity contribution is 0.0499. The predicted molar refractivity (Wildman–Crippen MR) is 97.6 cm³/mol. The van der Waals surface area contributed by atoms with Crippen molar-refractivity contribution in [2.45, 2.75) is 58.3 Å². The van der Waals surface area contributed by atoms with Crippen LogP contribution in [0.2, 0.25) is 0 Å². The van der Waals surface area contributed by atoms with Crippen LogP contribution in [0, 0.1) is 5.41 Å². The minimum Gasteiger partial charge on any atom is -0.445 e. The standard InChI is InChI=1S/C20H28N2O4/c1-19(2,3)26-17(23)21-16-13-20(16)9-11-22(12-10-20)18(24)25-14-15-7-5-4-6-8-15/h4-8,16H,9-14H2,1-3H3,(H,21,23)/t16-/m0/s1. The van der Waals surface area contributed by atoms with Gasteiger partial charge < -0.3 is 19.7 Å². The molecule has 0 unspecified atom stereocenters. The average Bonchev–Trinajstić information content (AvgIpc) is 3.23. The number of amides is 2. The van der Waals surface area contributed by atoms with Crippen molar-refractivity contribution in [3.05, 3.63) is 35.9 Å². The lowest BCUT2D eigenvalue weighted by Crippen LogP contribution is -2.42. The number of hydrogen-bond donors (Lipinski definition) is 1. The van der Waals surface area contributed by atoms with Gasteiger partial charge in [0.15, 0.2) is 0 Å². The molecule has 142 valence electrons. The summed E-state index contributed by atoms with van der Waals surface area (Å²) in [7, 11) is 0. The molecular formula is C20H28N2O4. The SMILES string of the molecule is CC(C)(C)OC(=O)N[C@H]1CC12CCN(C(=O)OCc1ccccc1)CC2. The number of rotatable bonds is 3. The smallest absolute Gasteiger partial charge is 0.410 e. The molecule has 1 saturated carbocycles. The third kappa shape index (κ3) is 4.68. The molecule has 1 aliphatic heterocycles. The highest BCUT2D eigenvalue weighted by Crippen LogP contribution is 2.54. The number of nitrogens with one attached hydrogen (secondary N) is 1. The Morgan fingerprint density at radius 3 is 2.46 bits per heavy atom. The van der Waals surface area contributed by atoms with E-state index in [-0.39, 0.29) is 23.6 Å². The highest BCUT2D eigenvalue weighted by atomic mass is 16.6. The highest BCUT2D eigenvalue weighted by molar-refractivity contribution is 5.69. The molecule has 1 saturated heterocycles. The third-order valence-electron chi connectivity index (χ3n) is 5.10. The Morgan fingerprint density at radius 1 is 1.19 bits per heavy atom. The maximum absolute atomic E-state index is 12.2. The maximum Gasteiger partial charge on any atom is 0.410 e. The van der Waals surface area contributed by atoms with E-state index in [2.05, 4.69) is 5.32 Å². The van der Waals surface area contributed by atoms with Gasteiger partial charge in [-0.25, -0.2) is 9.59 Å². The molecule has 1 heterocycles. The molecule has 0 aromatic heterocycles. The number of nitrogens with zero attached hydrogens (tertiary/aromatic N) is 1. The molecule has 0 bridgehead atoms. The summed E-state index contributed by atoms with van der Waals surface area (Å²) in [5.41, 5.74) is 0.614. The van der Waals surface area contributed by atoms with Gasteiger partial charge in [-0.1, -0.05) is 30.3 Å². The zero-order valence-electron chi connectivity index (χ0n) is 15.8. The van der Waals surface area contributed by atoms with Crippen LogP contribution in [0.15, 0.2) is 30.3 Å². The molecule has 1 N–H and O–H groups in total. The summed E-state index contributed by atoms with van der Waals surface area (Å²) in [5, 5.41) is 2.97. The van der Waals surface area contributed by atoms with Crippen molar-refractivity contribution in [3.8, 4) is 0 Å². The maximum atomic E-state index is 12.2. The molecule has 6 nitrogen and oxygen atoms in total. The van der Waals surface area contributed by atoms with Crippen molar-refractivity contribution < 1.29 is 19.1 Å². The number of ether oxygens (including phenoxy) is 2. The van der Waals surface area contributed by atoms with E-state index in [1.54, 1.807) is 4.90 Å². The first-order valence-electron chi connectivity index (χ1n) is 9.23. The predicted octanol–water partition coefficient (Wildman–Crippen LogP) is 3.70. The van der Waals surface area contributed by atoms with E-state index in [9.17, 15) is 9.59 Å². The van der Waals surface area contributed by atoms with E-state index in [0.29, 0.717) is 19.7 Å². The summed E-state index contributed by atoms with van der Waals surface area (Å²) in [4.78, 5) is 25.9. The second-order valence-corrected chi connectivity index (χ2v) is 8.29. The van der Waals surface area contributed by atoms with Crippen molar-refractivity contribution >= 4 is 12.2 Å². The summed E-state index contributed by atoms with van der Waals surface area (Å²) in [6.07, 6.45) is 2.10. The van der Waals surface area contributed by atoms with Crippen molar-refractivity contribution in [1.82, 2.24) is 10.2 Å². The van der Waals surface area contributed by atoms with Gasteiger partial charge >= 0.3 is 12.2 Å². The lowest BCUT2D eigenvalue weighted by atomic mass is 9.93. The minimum absolute atomic E-state index is 0.118. The minimum atomic E-state index is -0.488. The van der Waals surface area contributed by atoms with Gasteiger partial charge in [0.25, 0.3) is 0 Å². The van der Waals surface area contributed by atoms with Crippen LogP contribution >= 0.6 is 0 Å². The highest BCUT2D eigenvalue weighted by Gasteiger charge is 2.56. The molecule has 2 amide bonds.